The van der Waals surface area contributed by atoms with Crippen LogP contribution < -0.4 is 14.8 Å². The average molecular weight is 481 g/mol. The number of ether oxygens (including phenoxy) is 2. The van der Waals surface area contributed by atoms with Crippen molar-refractivity contribution in [3.8, 4) is 28.6 Å². The van der Waals surface area contributed by atoms with Gasteiger partial charge < -0.3 is 14.8 Å². The lowest BCUT2D eigenvalue weighted by Gasteiger charge is -2.22. The SMILES string of the molecule is COc1ccc(-n2c(SCCCC(=O)NC3CCCCC3)nnc2-c2cccc(OC)c2)cc1. The van der Waals surface area contributed by atoms with Crippen molar-refractivity contribution >= 4 is 17.7 Å². The molecule has 0 spiro atoms. The minimum Gasteiger partial charge on any atom is -0.497 e. The molecule has 34 heavy (non-hydrogen) atoms. The number of benzene rings is 2. The van der Waals surface area contributed by atoms with Gasteiger partial charge >= 0.3 is 0 Å². The summed E-state index contributed by atoms with van der Waals surface area (Å²) in [6, 6.07) is 16.0. The molecule has 3 aromatic rings. The standard InChI is InChI=1S/C26H32N4O3S/c1-32-22-15-13-21(14-16-22)30-25(19-8-6-11-23(18-19)33-2)28-29-26(30)34-17-7-12-24(31)27-20-9-4-3-5-10-20/h6,8,11,13-16,18,20H,3-5,7,9-10,12,17H2,1-2H3,(H,27,31). The van der Waals surface area contributed by atoms with Crippen molar-refractivity contribution in [1.29, 1.82) is 0 Å². The number of nitrogens with zero attached hydrogens (tertiary/aromatic N) is 3. The number of aromatic nitrogens is 3. The summed E-state index contributed by atoms with van der Waals surface area (Å²) >= 11 is 1.61. The monoisotopic (exact) mass is 480 g/mol. The van der Waals surface area contributed by atoms with Crippen LogP contribution in [0.5, 0.6) is 11.5 Å². The first-order chi connectivity index (χ1) is 16.7. The summed E-state index contributed by atoms with van der Waals surface area (Å²) in [5, 5.41) is 13.0. The fraction of sp³-hybridized carbons (Fsp3) is 0.423. The lowest BCUT2D eigenvalue weighted by Crippen LogP contribution is -2.36. The number of hydrogen-bond acceptors (Lipinski definition) is 6. The van der Waals surface area contributed by atoms with Crippen LogP contribution in [0.25, 0.3) is 17.1 Å². The third kappa shape index (κ3) is 6.11. The predicted molar refractivity (Wildman–Crippen MR) is 135 cm³/mol. The summed E-state index contributed by atoms with van der Waals surface area (Å²) in [6.07, 6.45) is 7.26. The Morgan fingerprint density at radius 3 is 2.53 bits per heavy atom. The van der Waals surface area contributed by atoms with Crippen LogP contribution >= 0.6 is 11.8 Å². The molecule has 0 atom stereocenters. The highest BCUT2D eigenvalue weighted by Gasteiger charge is 2.18. The first-order valence-electron chi connectivity index (χ1n) is 11.8. The lowest BCUT2D eigenvalue weighted by atomic mass is 9.95. The second-order valence-electron chi connectivity index (χ2n) is 8.43. The van der Waals surface area contributed by atoms with Gasteiger partial charge in [0.05, 0.1) is 14.2 Å². The molecule has 1 aromatic heterocycles. The van der Waals surface area contributed by atoms with Crippen molar-refractivity contribution in [3.05, 3.63) is 48.5 Å². The number of amides is 1. The zero-order valence-corrected chi connectivity index (χ0v) is 20.6. The molecule has 8 heteroatoms. The molecule has 0 radical (unpaired) electrons. The van der Waals surface area contributed by atoms with Gasteiger partial charge in [0.2, 0.25) is 5.91 Å². The van der Waals surface area contributed by atoms with E-state index in [1.165, 1.54) is 19.3 Å². The highest BCUT2D eigenvalue weighted by molar-refractivity contribution is 7.99. The van der Waals surface area contributed by atoms with Crippen molar-refractivity contribution < 1.29 is 14.3 Å². The Kier molecular flexibility index (Phi) is 8.46. The topological polar surface area (TPSA) is 78.3 Å². The molecule has 1 heterocycles. The van der Waals surface area contributed by atoms with E-state index in [0.717, 1.165) is 58.7 Å². The molecule has 0 unspecified atom stereocenters. The first-order valence-corrected chi connectivity index (χ1v) is 12.8. The average Bonchev–Trinajstić information content (AvgIpc) is 3.31. The van der Waals surface area contributed by atoms with E-state index >= 15 is 0 Å². The van der Waals surface area contributed by atoms with Gasteiger partial charge in [0, 0.05) is 29.5 Å². The van der Waals surface area contributed by atoms with Gasteiger partial charge in [-0.1, -0.05) is 43.2 Å². The van der Waals surface area contributed by atoms with E-state index in [9.17, 15) is 4.79 Å². The fourth-order valence-electron chi connectivity index (χ4n) is 4.22. The molecule has 1 aliphatic carbocycles. The second-order valence-corrected chi connectivity index (χ2v) is 9.49. The summed E-state index contributed by atoms with van der Waals surface area (Å²) in [5.41, 5.74) is 1.86. The van der Waals surface area contributed by atoms with Crippen molar-refractivity contribution in [2.75, 3.05) is 20.0 Å². The van der Waals surface area contributed by atoms with E-state index in [4.69, 9.17) is 9.47 Å². The number of nitrogens with one attached hydrogen (secondary N) is 1. The predicted octanol–water partition coefficient (Wildman–Crippen LogP) is 5.27. The Hall–Kier alpha value is -3.00. The van der Waals surface area contributed by atoms with Crippen LogP contribution in [0.3, 0.4) is 0 Å². The lowest BCUT2D eigenvalue weighted by molar-refractivity contribution is -0.122. The quantitative estimate of drug-likeness (QED) is 0.314. The van der Waals surface area contributed by atoms with Crippen molar-refractivity contribution in [2.24, 2.45) is 0 Å². The van der Waals surface area contributed by atoms with Crippen LogP contribution in [-0.2, 0) is 4.79 Å². The second kappa shape index (κ2) is 11.9. The molecule has 0 bridgehead atoms. The van der Waals surface area contributed by atoms with Gasteiger partial charge in [-0.3, -0.25) is 9.36 Å². The van der Waals surface area contributed by atoms with Gasteiger partial charge in [-0.25, -0.2) is 0 Å². The molecule has 1 N–H and O–H groups in total. The number of thioether (sulfide) groups is 1. The molecule has 2 aromatic carbocycles. The fourth-order valence-corrected chi connectivity index (χ4v) is 5.11. The van der Waals surface area contributed by atoms with Crippen LogP contribution in [0.1, 0.15) is 44.9 Å². The van der Waals surface area contributed by atoms with E-state index < -0.39 is 0 Å². The summed E-state index contributed by atoms with van der Waals surface area (Å²) in [6.45, 7) is 0. The Balaban J connectivity index is 1.46. The van der Waals surface area contributed by atoms with Crippen LogP contribution in [0, 0.1) is 0 Å². The highest BCUT2D eigenvalue weighted by Crippen LogP contribution is 2.31. The van der Waals surface area contributed by atoms with Crippen molar-refractivity contribution in [2.45, 2.75) is 56.1 Å². The summed E-state index contributed by atoms with van der Waals surface area (Å²) < 4.78 is 12.8. The summed E-state index contributed by atoms with van der Waals surface area (Å²) in [7, 11) is 3.31. The first kappa shape index (κ1) is 24.1. The zero-order chi connectivity index (χ0) is 23.8. The molecule has 1 fully saturated rings. The van der Waals surface area contributed by atoms with Crippen LogP contribution in [-0.4, -0.2) is 46.7 Å². The maximum absolute atomic E-state index is 12.3. The molecule has 7 nitrogen and oxygen atoms in total. The molecule has 180 valence electrons. The van der Waals surface area contributed by atoms with Gasteiger partial charge in [-0.2, -0.15) is 0 Å². The number of rotatable bonds is 10. The largest absolute Gasteiger partial charge is 0.497 e. The smallest absolute Gasteiger partial charge is 0.220 e. The van der Waals surface area contributed by atoms with E-state index in [2.05, 4.69) is 15.5 Å². The summed E-state index contributed by atoms with van der Waals surface area (Å²) in [4.78, 5) is 12.3. The van der Waals surface area contributed by atoms with Gasteiger partial charge in [0.15, 0.2) is 11.0 Å². The normalized spacial score (nSPS) is 14.1. The van der Waals surface area contributed by atoms with Crippen LogP contribution in [0.2, 0.25) is 0 Å². The van der Waals surface area contributed by atoms with Crippen LogP contribution in [0.15, 0.2) is 53.7 Å². The third-order valence-corrected chi connectivity index (χ3v) is 7.06. The maximum atomic E-state index is 12.3. The highest BCUT2D eigenvalue weighted by atomic mass is 32.2. The van der Waals surface area contributed by atoms with E-state index in [-0.39, 0.29) is 5.91 Å². The number of carbonyl (C=O) groups is 1. The van der Waals surface area contributed by atoms with Crippen molar-refractivity contribution in [3.63, 3.8) is 0 Å². The molecular formula is C26H32N4O3S. The van der Waals surface area contributed by atoms with E-state index in [1.54, 1.807) is 26.0 Å². The molecule has 4 rings (SSSR count). The molecule has 1 aliphatic rings. The van der Waals surface area contributed by atoms with Gasteiger partial charge in [-0.15, -0.1) is 10.2 Å². The Morgan fingerprint density at radius 2 is 1.79 bits per heavy atom. The van der Waals surface area contributed by atoms with E-state index in [0.29, 0.717) is 12.5 Å². The number of hydrogen-bond donors (Lipinski definition) is 1. The number of carbonyl (C=O) groups excluding carboxylic acids is 1. The minimum absolute atomic E-state index is 0.154. The molecule has 1 saturated carbocycles. The zero-order valence-electron chi connectivity index (χ0n) is 19.8. The Labute approximate surface area is 205 Å². The Morgan fingerprint density at radius 1 is 1.03 bits per heavy atom. The number of methoxy groups -OCH3 is 2. The Bertz CT molecular complexity index is 1080. The maximum Gasteiger partial charge on any atom is 0.220 e. The van der Waals surface area contributed by atoms with Crippen LogP contribution in [0.4, 0.5) is 0 Å². The molecule has 1 amide bonds. The summed E-state index contributed by atoms with van der Waals surface area (Å²) in [5.74, 6) is 3.23. The third-order valence-electron chi connectivity index (χ3n) is 6.04. The van der Waals surface area contributed by atoms with Gasteiger partial charge in [0.1, 0.15) is 11.5 Å². The van der Waals surface area contributed by atoms with Gasteiger partial charge in [-0.05, 0) is 55.7 Å². The molecule has 0 aliphatic heterocycles. The minimum atomic E-state index is 0.154. The van der Waals surface area contributed by atoms with E-state index in [1.807, 2.05) is 53.1 Å². The molecular weight excluding hydrogens is 448 g/mol. The van der Waals surface area contributed by atoms with Crippen molar-refractivity contribution in [1.82, 2.24) is 20.1 Å². The molecule has 0 saturated heterocycles. The van der Waals surface area contributed by atoms with Gasteiger partial charge in [0.25, 0.3) is 0 Å².